The first-order valence-corrected chi connectivity index (χ1v) is 32.6. The van der Waals surface area contributed by atoms with Gasteiger partial charge in [-0.25, -0.2) is 4.98 Å². The van der Waals surface area contributed by atoms with Crippen molar-refractivity contribution in [2.75, 3.05) is 0 Å². The molecule has 0 aliphatic carbocycles. The quantitative estimate of drug-likeness (QED) is 0.0539. The second kappa shape index (κ2) is 24.6. The zero-order chi connectivity index (χ0) is 50.0. The molecule has 9 rings (SSSR count). The summed E-state index contributed by atoms with van der Waals surface area (Å²) in [6, 6.07) is 56.4. The molecule has 1 radical (unpaired) electrons. The first-order valence-electron chi connectivity index (χ1n) is 24.8. The molecule has 0 bridgehead atoms. The van der Waals surface area contributed by atoms with Gasteiger partial charge in [-0.2, -0.15) is 0 Å². The fraction of sp³-hybridized carbons (Fsp3) is 0.258. The number of ketones is 1. The average molecular weight is 1170 g/mol. The predicted molar refractivity (Wildman–Crippen MR) is 306 cm³/mol. The molecule has 0 fully saturated rings. The van der Waals surface area contributed by atoms with E-state index in [0.29, 0.717) is 0 Å². The number of hydrogen-bond donors (Lipinski definition) is 1. The first kappa shape index (κ1) is 54.7. The summed E-state index contributed by atoms with van der Waals surface area (Å²) < 4.78 is 2.35. The SMILES string of the molecule is CCC(CC)C(=O)/C=C(\O)C(CC)CC.C[Si](C)(C)c1ccc(-c2cc(-c3ncnc4c3sc3ccccc34)[c-]c3ccccc23)cc1.C[Si](C)(C)c1ccc(-c2ccnc(-c3[c-]cccc3)c2)cc1.[Ir]. The molecule has 0 unspecified atom stereocenters. The minimum Gasteiger partial charge on any atom is -0.512 e. The van der Waals surface area contributed by atoms with E-state index in [1.54, 1.807) is 17.7 Å². The maximum absolute atomic E-state index is 11.7. The van der Waals surface area contributed by atoms with Crippen molar-refractivity contribution in [2.45, 2.75) is 92.7 Å². The average Bonchev–Trinajstić information content (AvgIpc) is 3.76. The number of carbonyl (C=O) groups is 1. The minimum absolute atomic E-state index is 0. The number of thiophene rings is 1. The van der Waals surface area contributed by atoms with E-state index in [4.69, 9.17) is 4.98 Å². The summed E-state index contributed by atoms with van der Waals surface area (Å²) in [4.78, 5) is 25.5. The summed E-state index contributed by atoms with van der Waals surface area (Å²) >= 11 is 1.75. The smallest absolute Gasteiger partial charge is 0.162 e. The summed E-state index contributed by atoms with van der Waals surface area (Å²) in [6.07, 6.45) is 8.46. The predicted octanol–water partition coefficient (Wildman–Crippen LogP) is 16.3. The van der Waals surface area contributed by atoms with Crippen molar-refractivity contribution in [3.63, 3.8) is 0 Å². The van der Waals surface area contributed by atoms with Crippen LogP contribution in [0.5, 0.6) is 0 Å². The van der Waals surface area contributed by atoms with Crippen molar-refractivity contribution in [3.8, 4) is 44.8 Å². The number of pyridine rings is 1. The molecule has 1 N–H and O–H groups in total. The topological polar surface area (TPSA) is 76.0 Å². The number of fused-ring (bicyclic) bond motifs is 4. The van der Waals surface area contributed by atoms with Gasteiger partial charge in [0.2, 0.25) is 0 Å². The number of aliphatic hydroxyl groups excluding tert-OH is 1. The van der Waals surface area contributed by atoms with E-state index < -0.39 is 16.1 Å². The number of allylic oxidation sites excluding steroid dienone is 2. The number of benzene rings is 6. The number of hydrogen-bond acceptors (Lipinski definition) is 6. The van der Waals surface area contributed by atoms with Crippen LogP contribution in [0, 0.1) is 24.0 Å². The third kappa shape index (κ3) is 13.4. The van der Waals surface area contributed by atoms with E-state index in [1.165, 1.54) is 54.2 Å². The van der Waals surface area contributed by atoms with Crippen LogP contribution in [0.1, 0.15) is 53.4 Å². The van der Waals surface area contributed by atoms with Gasteiger partial charge in [-0.05, 0) is 60.2 Å². The summed E-state index contributed by atoms with van der Waals surface area (Å²) in [5.74, 6) is 0.547. The van der Waals surface area contributed by atoms with Crippen LogP contribution >= 0.6 is 11.3 Å². The molecular formula is C62H67IrN3O2SSi2-2. The van der Waals surface area contributed by atoms with Crippen LogP contribution in [0.2, 0.25) is 39.3 Å². The Morgan fingerprint density at radius 3 is 1.83 bits per heavy atom. The molecule has 6 aromatic carbocycles. The van der Waals surface area contributed by atoms with Gasteiger partial charge in [0.1, 0.15) is 6.33 Å². The standard InChI is InChI=1S/C29H23N2SSi.C20H20NSi.C13H24O2.Ir/c1-33(2,3)22-14-12-19(13-15-22)25-17-21(16-20-8-4-5-9-23(20)25)27-29-28(31-18-30-27)24-10-6-7-11-26(24)32-29;1-22(2,3)19-11-9-16(10-12-19)18-13-14-21-20(15-18)17-7-5-4-6-8-17;1-5-10(6-2)12(14)9-13(15)11(7-3)8-4;/h4-15,17-18H,1-3H3;4-7,9-15H,1-3H3;9-11,14H,5-8H2,1-4H3;/q2*-1;;/b;;12-9-;. The fourth-order valence-electron chi connectivity index (χ4n) is 8.71. The Labute approximate surface area is 442 Å². The molecule has 0 saturated carbocycles. The van der Waals surface area contributed by atoms with E-state index in [2.05, 4.69) is 177 Å². The fourth-order valence-corrected chi connectivity index (χ4v) is 12.2. The van der Waals surface area contributed by atoms with Gasteiger partial charge in [-0.15, -0.1) is 70.8 Å². The normalized spacial score (nSPS) is 11.8. The Morgan fingerprint density at radius 1 is 0.634 bits per heavy atom. The molecule has 3 aromatic heterocycles. The zero-order valence-electron chi connectivity index (χ0n) is 42.9. The Balaban J connectivity index is 0.000000189. The molecule has 0 aliphatic heterocycles. The molecule has 71 heavy (non-hydrogen) atoms. The molecule has 0 atom stereocenters. The van der Waals surface area contributed by atoms with Crippen LogP contribution in [0.3, 0.4) is 0 Å². The maximum Gasteiger partial charge on any atom is 0.162 e. The summed E-state index contributed by atoms with van der Waals surface area (Å²) in [5, 5.41) is 16.2. The van der Waals surface area contributed by atoms with Gasteiger partial charge in [0.25, 0.3) is 0 Å². The molecule has 0 spiro atoms. The Hall–Kier alpha value is -5.68. The van der Waals surface area contributed by atoms with E-state index in [0.717, 1.165) is 63.8 Å². The summed E-state index contributed by atoms with van der Waals surface area (Å²) in [6.45, 7) is 22.4. The van der Waals surface area contributed by atoms with Gasteiger partial charge in [0.15, 0.2) is 5.78 Å². The molecule has 367 valence electrons. The van der Waals surface area contributed by atoms with E-state index >= 15 is 0 Å². The molecule has 0 saturated heterocycles. The zero-order valence-corrected chi connectivity index (χ0v) is 48.1. The van der Waals surface area contributed by atoms with Crippen molar-refractivity contribution in [1.82, 2.24) is 15.0 Å². The van der Waals surface area contributed by atoms with Crippen molar-refractivity contribution in [2.24, 2.45) is 11.8 Å². The van der Waals surface area contributed by atoms with Crippen molar-refractivity contribution in [1.29, 1.82) is 0 Å². The molecule has 0 aliphatic rings. The van der Waals surface area contributed by atoms with Gasteiger partial charge in [0.05, 0.1) is 27.4 Å². The number of aliphatic hydroxyl groups is 1. The second-order valence-electron chi connectivity index (χ2n) is 20.0. The largest absolute Gasteiger partial charge is 0.512 e. The number of rotatable bonds is 13. The Morgan fingerprint density at radius 2 is 1.23 bits per heavy atom. The maximum atomic E-state index is 11.7. The van der Waals surface area contributed by atoms with Crippen molar-refractivity contribution in [3.05, 3.63) is 176 Å². The van der Waals surface area contributed by atoms with Crippen LogP contribution in [-0.2, 0) is 24.9 Å². The van der Waals surface area contributed by atoms with E-state index in [9.17, 15) is 9.90 Å². The van der Waals surface area contributed by atoms with Crippen LogP contribution in [-0.4, -0.2) is 42.0 Å². The number of aromatic nitrogens is 3. The van der Waals surface area contributed by atoms with Crippen molar-refractivity contribution >= 4 is 74.7 Å². The Bertz CT molecular complexity index is 3200. The van der Waals surface area contributed by atoms with Gasteiger partial charge in [-0.3, -0.25) is 9.78 Å². The van der Waals surface area contributed by atoms with E-state index in [-0.39, 0.29) is 43.5 Å². The van der Waals surface area contributed by atoms with Crippen LogP contribution in [0.25, 0.3) is 75.8 Å². The monoisotopic (exact) mass is 1170 g/mol. The summed E-state index contributed by atoms with van der Waals surface area (Å²) in [5.41, 5.74) is 9.85. The van der Waals surface area contributed by atoms with Crippen LogP contribution in [0.4, 0.5) is 0 Å². The molecule has 9 heteroatoms. The van der Waals surface area contributed by atoms with Crippen LogP contribution < -0.4 is 10.4 Å². The third-order valence-corrected chi connectivity index (χ3v) is 18.5. The van der Waals surface area contributed by atoms with Gasteiger partial charge in [0, 0.05) is 64.7 Å². The Kier molecular flexibility index (Phi) is 19.0. The second-order valence-corrected chi connectivity index (χ2v) is 31.2. The van der Waals surface area contributed by atoms with E-state index in [1.807, 2.05) is 58.2 Å². The minimum atomic E-state index is -1.34. The number of nitrogens with zero attached hydrogens (tertiary/aromatic N) is 3. The van der Waals surface area contributed by atoms with Gasteiger partial charge >= 0.3 is 0 Å². The molecule has 9 aromatic rings. The third-order valence-electron chi connectivity index (χ3n) is 13.2. The molecule has 0 amide bonds. The first-order chi connectivity index (χ1) is 33.6. The molecular weight excluding hydrogens is 1100 g/mol. The van der Waals surface area contributed by atoms with Crippen LogP contribution in [0.15, 0.2) is 164 Å². The van der Waals surface area contributed by atoms with Crippen molar-refractivity contribution < 1.29 is 30.0 Å². The number of carbonyl (C=O) groups excluding carboxylic acids is 1. The van der Waals surface area contributed by atoms with Gasteiger partial charge < -0.3 is 10.1 Å². The molecule has 5 nitrogen and oxygen atoms in total. The van der Waals surface area contributed by atoms with Gasteiger partial charge in [-0.1, -0.05) is 185 Å². The molecule has 3 heterocycles. The summed E-state index contributed by atoms with van der Waals surface area (Å²) in [7, 11) is -2.58.